The summed E-state index contributed by atoms with van der Waals surface area (Å²) in [5.41, 5.74) is -0.490. The second-order valence-corrected chi connectivity index (χ2v) is 6.47. The number of benzene rings is 1. The van der Waals surface area contributed by atoms with Gasteiger partial charge >= 0.3 is 10.2 Å². The maximum atomic E-state index is 13.1. The lowest BCUT2D eigenvalue weighted by molar-refractivity contribution is -0.124. The third kappa shape index (κ3) is 2.94. The number of nitrogens with one attached hydrogen (secondary N) is 1. The van der Waals surface area contributed by atoms with Crippen LogP contribution in [0, 0.1) is 5.41 Å². The number of carbonyl (C=O) groups excluding carboxylic acids is 1. The van der Waals surface area contributed by atoms with Gasteiger partial charge in [0.25, 0.3) is 0 Å². The van der Waals surface area contributed by atoms with Gasteiger partial charge in [-0.05, 0) is 25.0 Å². The molecule has 1 saturated carbocycles. The highest BCUT2D eigenvalue weighted by atomic mass is 32.3. The molecule has 1 aromatic carbocycles. The SMILES string of the molecule is CC1(C(=O)Nc2ccccc2S(=O)(=O)F)CCCC1. The van der Waals surface area contributed by atoms with Crippen molar-refractivity contribution in [1.29, 1.82) is 0 Å². The van der Waals surface area contributed by atoms with Crippen LogP contribution in [0.25, 0.3) is 0 Å². The van der Waals surface area contributed by atoms with Crippen molar-refractivity contribution in [3.8, 4) is 0 Å². The summed E-state index contributed by atoms with van der Waals surface area (Å²) in [5, 5.41) is 2.54. The van der Waals surface area contributed by atoms with Crippen LogP contribution >= 0.6 is 0 Å². The first kappa shape index (κ1) is 14.0. The number of halogens is 1. The molecule has 1 aliphatic carbocycles. The van der Waals surface area contributed by atoms with Gasteiger partial charge in [-0.3, -0.25) is 4.79 Å². The highest BCUT2D eigenvalue weighted by Crippen LogP contribution is 2.38. The minimum absolute atomic E-state index is 0.00289. The van der Waals surface area contributed by atoms with Gasteiger partial charge in [0, 0.05) is 5.41 Å². The molecule has 1 N–H and O–H groups in total. The summed E-state index contributed by atoms with van der Waals surface area (Å²) in [4.78, 5) is 11.7. The fourth-order valence-electron chi connectivity index (χ4n) is 2.44. The minimum Gasteiger partial charge on any atom is -0.324 e. The van der Waals surface area contributed by atoms with Crippen molar-refractivity contribution >= 4 is 21.8 Å². The van der Waals surface area contributed by atoms with Gasteiger partial charge in [0.2, 0.25) is 5.91 Å². The number of carbonyl (C=O) groups is 1. The Bertz CT molecular complexity index is 592. The third-order valence-corrected chi connectivity index (χ3v) is 4.53. The Morgan fingerprint density at radius 3 is 2.42 bits per heavy atom. The quantitative estimate of drug-likeness (QED) is 0.869. The first-order valence-corrected chi connectivity index (χ1v) is 7.56. The molecule has 1 aliphatic rings. The Kier molecular flexibility index (Phi) is 3.62. The van der Waals surface area contributed by atoms with E-state index in [1.54, 1.807) is 6.07 Å². The zero-order chi connectivity index (χ0) is 14.1. The summed E-state index contributed by atoms with van der Waals surface area (Å²) >= 11 is 0. The lowest BCUT2D eigenvalue weighted by atomic mass is 9.88. The van der Waals surface area contributed by atoms with Crippen molar-refractivity contribution in [3.63, 3.8) is 0 Å². The van der Waals surface area contributed by atoms with Gasteiger partial charge in [-0.25, -0.2) is 0 Å². The summed E-state index contributed by atoms with van der Waals surface area (Å²) in [5.74, 6) is -0.249. The molecule has 0 aromatic heterocycles. The normalized spacial score (nSPS) is 18.2. The summed E-state index contributed by atoms with van der Waals surface area (Å²) < 4.78 is 35.2. The van der Waals surface area contributed by atoms with Gasteiger partial charge < -0.3 is 5.32 Å². The van der Waals surface area contributed by atoms with Crippen molar-refractivity contribution in [2.45, 2.75) is 37.5 Å². The summed E-state index contributed by atoms with van der Waals surface area (Å²) in [6.07, 6.45) is 3.49. The lowest BCUT2D eigenvalue weighted by Crippen LogP contribution is -2.31. The van der Waals surface area contributed by atoms with Crippen molar-refractivity contribution < 1.29 is 17.1 Å². The topological polar surface area (TPSA) is 63.2 Å². The van der Waals surface area contributed by atoms with Crippen LogP contribution in [0.15, 0.2) is 29.2 Å². The van der Waals surface area contributed by atoms with E-state index in [1.807, 2.05) is 6.92 Å². The van der Waals surface area contributed by atoms with Crippen LogP contribution in [0.3, 0.4) is 0 Å². The molecule has 0 bridgehead atoms. The molecule has 0 unspecified atom stereocenters. The maximum absolute atomic E-state index is 13.1. The fourth-order valence-corrected chi connectivity index (χ4v) is 3.06. The second-order valence-electron chi connectivity index (χ2n) is 5.16. The molecular weight excluding hydrogens is 269 g/mol. The molecule has 1 fully saturated rings. The largest absolute Gasteiger partial charge is 0.334 e. The average molecular weight is 285 g/mol. The Labute approximate surface area is 112 Å². The Hall–Kier alpha value is -1.43. The first-order valence-electron chi connectivity index (χ1n) is 6.18. The molecular formula is C13H16FNO3S. The highest BCUT2D eigenvalue weighted by molar-refractivity contribution is 7.86. The Balaban J connectivity index is 2.27. The highest BCUT2D eigenvalue weighted by Gasteiger charge is 2.36. The van der Waals surface area contributed by atoms with Gasteiger partial charge in [0.1, 0.15) is 4.90 Å². The van der Waals surface area contributed by atoms with Gasteiger partial charge in [0.15, 0.2) is 0 Å². The molecule has 4 nitrogen and oxygen atoms in total. The Morgan fingerprint density at radius 1 is 1.26 bits per heavy atom. The van der Waals surface area contributed by atoms with E-state index in [0.717, 1.165) is 31.7 Å². The van der Waals surface area contributed by atoms with E-state index >= 15 is 0 Å². The number of hydrogen-bond donors (Lipinski definition) is 1. The number of anilines is 1. The summed E-state index contributed by atoms with van der Waals surface area (Å²) in [6.45, 7) is 1.85. The molecule has 1 amide bonds. The monoisotopic (exact) mass is 285 g/mol. The van der Waals surface area contributed by atoms with Crippen LogP contribution in [-0.4, -0.2) is 14.3 Å². The molecule has 1 aromatic rings. The zero-order valence-corrected chi connectivity index (χ0v) is 11.5. The molecule has 0 spiro atoms. The molecule has 0 atom stereocenters. The molecule has 104 valence electrons. The van der Waals surface area contributed by atoms with Crippen LogP contribution in [0.1, 0.15) is 32.6 Å². The van der Waals surface area contributed by atoms with E-state index in [1.165, 1.54) is 12.1 Å². The van der Waals surface area contributed by atoms with Crippen LogP contribution in [0.2, 0.25) is 0 Å². The summed E-state index contributed by atoms with van der Waals surface area (Å²) in [6, 6.07) is 5.51. The van der Waals surface area contributed by atoms with Crippen LogP contribution in [0.4, 0.5) is 9.57 Å². The molecule has 0 aliphatic heterocycles. The van der Waals surface area contributed by atoms with E-state index in [-0.39, 0.29) is 11.6 Å². The molecule has 0 radical (unpaired) electrons. The van der Waals surface area contributed by atoms with Gasteiger partial charge in [-0.15, -0.1) is 3.89 Å². The van der Waals surface area contributed by atoms with Crippen molar-refractivity contribution in [1.82, 2.24) is 0 Å². The van der Waals surface area contributed by atoms with Crippen LogP contribution in [0.5, 0.6) is 0 Å². The predicted octanol–water partition coefficient (Wildman–Crippen LogP) is 2.86. The van der Waals surface area contributed by atoms with E-state index in [2.05, 4.69) is 5.32 Å². The van der Waals surface area contributed by atoms with Crippen molar-refractivity contribution in [2.24, 2.45) is 5.41 Å². The van der Waals surface area contributed by atoms with Gasteiger partial charge in [-0.1, -0.05) is 31.9 Å². The standard InChI is InChI=1S/C13H16FNO3S/c1-13(8-4-5-9-13)12(16)15-10-6-2-3-7-11(10)19(14,17)18/h2-3,6-7H,4-5,8-9H2,1H3,(H,15,16). The Morgan fingerprint density at radius 2 is 1.84 bits per heavy atom. The lowest BCUT2D eigenvalue weighted by Gasteiger charge is -2.22. The van der Waals surface area contributed by atoms with E-state index < -0.39 is 20.5 Å². The van der Waals surface area contributed by atoms with Gasteiger partial charge in [0.05, 0.1) is 5.69 Å². The number of amides is 1. The fraction of sp³-hybridized carbons (Fsp3) is 0.462. The number of para-hydroxylation sites is 1. The first-order chi connectivity index (χ1) is 8.83. The molecule has 2 rings (SSSR count). The second kappa shape index (κ2) is 4.92. The van der Waals surface area contributed by atoms with Crippen LogP contribution in [-0.2, 0) is 15.0 Å². The maximum Gasteiger partial charge on any atom is 0.334 e. The minimum atomic E-state index is -4.84. The molecule has 19 heavy (non-hydrogen) atoms. The van der Waals surface area contributed by atoms with Gasteiger partial charge in [-0.2, -0.15) is 8.42 Å². The smallest absolute Gasteiger partial charge is 0.324 e. The van der Waals surface area contributed by atoms with Crippen LogP contribution < -0.4 is 5.32 Å². The molecule has 0 heterocycles. The summed E-state index contributed by atoms with van der Waals surface area (Å²) in [7, 11) is -4.84. The molecule has 0 saturated heterocycles. The van der Waals surface area contributed by atoms with E-state index in [4.69, 9.17) is 0 Å². The number of hydrogen-bond acceptors (Lipinski definition) is 3. The number of rotatable bonds is 3. The van der Waals surface area contributed by atoms with Crippen molar-refractivity contribution in [2.75, 3.05) is 5.32 Å². The van der Waals surface area contributed by atoms with Crippen molar-refractivity contribution in [3.05, 3.63) is 24.3 Å². The van der Waals surface area contributed by atoms with E-state index in [9.17, 15) is 17.1 Å². The third-order valence-electron chi connectivity index (χ3n) is 3.65. The molecule has 6 heteroatoms. The van der Waals surface area contributed by atoms with E-state index in [0.29, 0.717) is 0 Å². The average Bonchev–Trinajstić information content (AvgIpc) is 2.77. The predicted molar refractivity (Wildman–Crippen MR) is 69.9 cm³/mol. The zero-order valence-electron chi connectivity index (χ0n) is 10.6.